The lowest BCUT2D eigenvalue weighted by molar-refractivity contribution is 0.298. The van der Waals surface area contributed by atoms with Crippen molar-refractivity contribution in [3.8, 4) is 0 Å². The summed E-state index contributed by atoms with van der Waals surface area (Å²) in [7, 11) is -1.51. The lowest BCUT2D eigenvalue weighted by Crippen LogP contribution is -2.25. The summed E-state index contributed by atoms with van der Waals surface area (Å²) in [5, 5.41) is 0.833. The fourth-order valence-electron chi connectivity index (χ4n) is 2.28. The quantitative estimate of drug-likeness (QED) is 0.357. The third kappa shape index (κ3) is 5.89. The molecule has 1 nitrogen and oxygen atoms in total. The van der Waals surface area contributed by atoms with Crippen molar-refractivity contribution in [3.05, 3.63) is 67.2 Å². The van der Waals surface area contributed by atoms with Gasteiger partial charge in [0.15, 0.2) is 8.32 Å². The molecule has 0 aliphatic rings. The zero-order valence-corrected chi connectivity index (χ0v) is 18.2. The van der Waals surface area contributed by atoms with Gasteiger partial charge in [0.2, 0.25) is 0 Å². The molecule has 0 atom stereocenters. The zero-order chi connectivity index (χ0) is 17.0. The van der Waals surface area contributed by atoms with Crippen molar-refractivity contribution in [2.24, 2.45) is 0 Å². The van der Waals surface area contributed by atoms with E-state index in [0.717, 1.165) is 17.9 Å². The van der Waals surface area contributed by atoms with Crippen molar-refractivity contribution in [1.29, 1.82) is 0 Å². The molecule has 0 heterocycles. The van der Waals surface area contributed by atoms with Crippen LogP contribution in [0, 0.1) is 3.57 Å². The van der Waals surface area contributed by atoms with Gasteiger partial charge < -0.3 is 4.43 Å². The van der Waals surface area contributed by atoms with Gasteiger partial charge in [-0.3, -0.25) is 0 Å². The highest BCUT2D eigenvalue weighted by Gasteiger charge is 2.16. The first-order valence-corrected chi connectivity index (χ1v) is 12.8. The first kappa shape index (κ1) is 19.0. The number of hydrogen-bond acceptors (Lipinski definition) is 1. The van der Waals surface area contributed by atoms with Gasteiger partial charge in [-0.25, -0.2) is 0 Å². The van der Waals surface area contributed by atoms with Crippen LogP contribution in [0.15, 0.2) is 36.4 Å². The number of hydrogen-bond donors (Lipinski definition) is 0. The normalized spacial score (nSPS) is 11.7. The Bertz CT molecular complexity index is 662. The van der Waals surface area contributed by atoms with E-state index >= 15 is 0 Å². The first-order chi connectivity index (χ1) is 10.8. The zero-order valence-electron chi connectivity index (χ0n) is 14.2. The molecule has 2 rings (SSSR count). The minimum absolute atomic E-state index is 0.652. The van der Waals surface area contributed by atoms with Gasteiger partial charge in [0.25, 0.3) is 0 Å². The molecule has 0 amide bonds. The standard InChI is InChI=1S/C19H24ClIOSi/c1-5-14-6-8-15(9-7-14)10-16-12-19(21)17(11-18(16)20)13-22-23(2,3)4/h6-9,11-12H,5,10,13H2,1-4H3. The molecule has 0 bridgehead atoms. The van der Waals surface area contributed by atoms with Crippen molar-refractivity contribution in [2.75, 3.05) is 0 Å². The highest BCUT2D eigenvalue weighted by molar-refractivity contribution is 14.1. The number of halogens is 2. The molecule has 2 aromatic carbocycles. The second kappa shape index (κ2) is 8.14. The number of benzene rings is 2. The van der Waals surface area contributed by atoms with Crippen LogP contribution in [0.5, 0.6) is 0 Å². The summed E-state index contributed by atoms with van der Waals surface area (Å²) in [5.74, 6) is 0. The Kier molecular flexibility index (Phi) is 6.72. The van der Waals surface area contributed by atoms with Crippen LogP contribution in [-0.2, 0) is 23.9 Å². The number of rotatable bonds is 6. The molecular formula is C19H24ClIOSi. The van der Waals surface area contributed by atoms with E-state index in [1.807, 2.05) is 0 Å². The average molecular weight is 459 g/mol. The highest BCUT2D eigenvalue weighted by atomic mass is 127. The van der Waals surface area contributed by atoms with Gasteiger partial charge >= 0.3 is 0 Å². The Hall–Kier alpha value is -0.363. The van der Waals surface area contributed by atoms with Crippen LogP contribution in [0.2, 0.25) is 24.7 Å². The fraction of sp³-hybridized carbons (Fsp3) is 0.368. The van der Waals surface area contributed by atoms with Crippen LogP contribution in [0.3, 0.4) is 0 Å². The van der Waals surface area contributed by atoms with E-state index < -0.39 is 8.32 Å². The maximum atomic E-state index is 6.51. The van der Waals surface area contributed by atoms with Crippen molar-refractivity contribution >= 4 is 42.5 Å². The monoisotopic (exact) mass is 458 g/mol. The van der Waals surface area contributed by atoms with Crippen molar-refractivity contribution in [2.45, 2.75) is 46.0 Å². The number of aryl methyl sites for hydroxylation is 1. The summed E-state index contributed by atoms with van der Waals surface area (Å²) in [5.41, 5.74) is 5.03. The van der Waals surface area contributed by atoms with E-state index in [-0.39, 0.29) is 0 Å². The largest absolute Gasteiger partial charge is 0.413 e. The molecule has 0 unspecified atom stereocenters. The molecule has 0 saturated heterocycles. The maximum Gasteiger partial charge on any atom is 0.184 e. The molecule has 124 valence electrons. The van der Waals surface area contributed by atoms with Gasteiger partial charge in [-0.15, -0.1) is 0 Å². The van der Waals surface area contributed by atoms with Gasteiger partial charge in [-0.05, 0) is 89.5 Å². The van der Waals surface area contributed by atoms with Gasteiger partial charge in [-0.1, -0.05) is 42.8 Å². The van der Waals surface area contributed by atoms with Crippen LogP contribution in [0.25, 0.3) is 0 Å². The van der Waals surface area contributed by atoms with Gasteiger partial charge in [0, 0.05) is 8.59 Å². The SMILES string of the molecule is CCc1ccc(Cc2cc(I)c(CO[Si](C)(C)C)cc2Cl)cc1. The Morgan fingerprint density at radius 3 is 2.17 bits per heavy atom. The maximum absolute atomic E-state index is 6.51. The second-order valence-electron chi connectivity index (χ2n) is 6.78. The Morgan fingerprint density at radius 2 is 1.61 bits per heavy atom. The van der Waals surface area contributed by atoms with E-state index in [0.29, 0.717) is 6.61 Å². The van der Waals surface area contributed by atoms with E-state index in [1.165, 1.54) is 25.8 Å². The van der Waals surface area contributed by atoms with Crippen LogP contribution in [0.1, 0.15) is 29.2 Å². The summed E-state index contributed by atoms with van der Waals surface area (Å²) >= 11 is 8.90. The molecule has 23 heavy (non-hydrogen) atoms. The van der Waals surface area contributed by atoms with Crippen molar-refractivity contribution in [1.82, 2.24) is 0 Å². The van der Waals surface area contributed by atoms with E-state index in [4.69, 9.17) is 16.0 Å². The molecule has 0 N–H and O–H groups in total. The molecule has 0 fully saturated rings. The van der Waals surface area contributed by atoms with E-state index in [9.17, 15) is 0 Å². The summed E-state index contributed by atoms with van der Waals surface area (Å²) in [6, 6.07) is 13.1. The summed E-state index contributed by atoms with van der Waals surface area (Å²) < 4.78 is 7.24. The molecule has 0 saturated carbocycles. The van der Waals surface area contributed by atoms with Crippen LogP contribution >= 0.6 is 34.2 Å². The minimum Gasteiger partial charge on any atom is -0.413 e. The summed E-state index contributed by atoms with van der Waals surface area (Å²) in [6.45, 7) is 9.44. The van der Waals surface area contributed by atoms with Crippen molar-refractivity contribution < 1.29 is 4.43 Å². The first-order valence-electron chi connectivity index (χ1n) is 7.97. The third-order valence-corrected chi connectivity index (χ3v) is 6.07. The Balaban J connectivity index is 2.15. The van der Waals surface area contributed by atoms with Crippen molar-refractivity contribution in [3.63, 3.8) is 0 Å². The van der Waals surface area contributed by atoms with E-state index in [1.54, 1.807) is 0 Å². The Labute approximate surface area is 159 Å². The topological polar surface area (TPSA) is 9.23 Å². The molecular weight excluding hydrogens is 435 g/mol. The van der Waals surface area contributed by atoms with Gasteiger partial charge in [0.1, 0.15) is 0 Å². The molecule has 4 heteroatoms. The fourth-order valence-corrected chi connectivity index (χ4v) is 3.81. The molecule has 0 aliphatic heterocycles. The molecule has 0 radical (unpaired) electrons. The van der Waals surface area contributed by atoms with Crippen LogP contribution in [0.4, 0.5) is 0 Å². The smallest absolute Gasteiger partial charge is 0.184 e. The van der Waals surface area contributed by atoms with E-state index in [2.05, 4.69) is 85.6 Å². The minimum atomic E-state index is -1.51. The molecule has 0 spiro atoms. The second-order valence-corrected chi connectivity index (χ2v) is 12.9. The predicted octanol–water partition coefficient (Wildman–Crippen LogP) is 6.45. The highest BCUT2D eigenvalue weighted by Crippen LogP contribution is 2.26. The summed E-state index contributed by atoms with van der Waals surface area (Å²) in [6.07, 6.45) is 1.94. The van der Waals surface area contributed by atoms with Gasteiger partial charge in [-0.2, -0.15) is 0 Å². The van der Waals surface area contributed by atoms with Gasteiger partial charge in [0.05, 0.1) is 6.61 Å². The lowest BCUT2D eigenvalue weighted by atomic mass is 10.0. The van der Waals surface area contributed by atoms with Crippen LogP contribution < -0.4 is 0 Å². The lowest BCUT2D eigenvalue weighted by Gasteiger charge is -2.18. The van der Waals surface area contributed by atoms with Crippen LogP contribution in [-0.4, -0.2) is 8.32 Å². The third-order valence-electron chi connectivity index (χ3n) is 3.70. The average Bonchev–Trinajstić information content (AvgIpc) is 2.49. The predicted molar refractivity (Wildman–Crippen MR) is 111 cm³/mol. The molecule has 0 aromatic heterocycles. The Morgan fingerprint density at radius 1 is 1.00 bits per heavy atom. The summed E-state index contributed by atoms with van der Waals surface area (Å²) in [4.78, 5) is 0. The molecule has 0 aliphatic carbocycles. The molecule has 2 aromatic rings.